The maximum atomic E-state index is 12.8. The molecule has 0 radical (unpaired) electrons. The third-order valence-electron chi connectivity index (χ3n) is 3.49. The molecule has 26 heavy (non-hydrogen) atoms. The van der Waals surface area contributed by atoms with Gasteiger partial charge in [-0.15, -0.1) is 11.8 Å². The number of sulfonamides is 1. The van der Waals surface area contributed by atoms with E-state index < -0.39 is 10.0 Å². The highest BCUT2D eigenvalue weighted by molar-refractivity contribution is 7.99. The Bertz CT molecular complexity index is 883. The number of hydrogen-bond acceptors (Lipinski definition) is 5. The van der Waals surface area contributed by atoms with Gasteiger partial charge in [-0.05, 0) is 43.0 Å². The largest absolute Gasteiger partial charge is 0.496 e. The van der Waals surface area contributed by atoms with Crippen molar-refractivity contribution in [3.8, 4) is 5.75 Å². The number of methoxy groups -OCH3 is 1. The summed E-state index contributed by atoms with van der Waals surface area (Å²) in [6, 6.07) is 11.4. The molecule has 0 aliphatic rings. The van der Waals surface area contributed by atoms with Crippen molar-refractivity contribution >= 4 is 33.4 Å². The molecule has 0 heterocycles. The summed E-state index contributed by atoms with van der Waals surface area (Å²) in [5.41, 5.74) is 0.683. The van der Waals surface area contributed by atoms with E-state index in [4.69, 9.17) is 4.74 Å². The molecule has 140 valence electrons. The summed E-state index contributed by atoms with van der Waals surface area (Å²) in [4.78, 5) is 13.0. The average molecular weight is 395 g/mol. The van der Waals surface area contributed by atoms with Gasteiger partial charge in [-0.25, -0.2) is 8.42 Å². The molecule has 6 nitrogen and oxygen atoms in total. The highest BCUT2D eigenvalue weighted by Crippen LogP contribution is 2.29. The molecule has 2 rings (SSSR count). The van der Waals surface area contributed by atoms with E-state index in [2.05, 4.69) is 10.0 Å². The van der Waals surface area contributed by atoms with Gasteiger partial charge in [-0.1, -0.05) is 19.1 Å². The zero-order chi connectivity index (χ0) is 19.2. The van der Waals surface area contributed by atoms with Crippen LogP contribution in [0.1, 0.15) is 24.2 Å². The first-order valence-electron chi connectivity index (χ1n) is 8.13. The van der Waals surface area contributed by atoms with Gasteiger partial charge in [0.15, 0.2) is 0 Å². The molecule has 0 bridgehead atoms. The number of ether oxygens (including phenoxy) is 1. The van der Waals surface area contributed by atoms with Crippen LogP contribution in [0.25, 0.3) is 0 Å². The van der Waals surface area contributed by atoms with E-state index >= 15 is 0 Å². The second kappa shape index (κ2) is 8.95. The van der Waals surface area contributed by atoms with Crippen LogP contribution >= 0.6 is 11.8 Å². The second-order valence-corrected chi connectivity index (χ2v) is 8.24. The number of benzene rings is 2. The minimum Gasteiger partial charge on any atom is -0.496 e. The topological polar surface area (TPSA) is 84.5 Å². The zero-order valence-corrected chi connectivity index (χ0v) is 16.5. The van der Waals surface area contributed by atoms with Crippen LogP contribution in [0.3, 0.4) is 0 Å². The molecular formula is C18H22N2O4S2. The summed E-state index contributed by atoms with van der Waals surface area (Å²) in [6.07, 6.45) is 0. The Morgan fingerprint density at radius 2 is 1.88 bits per heavy atom. The Morgan fingerprint density at radius 1 is 1.15 bits per heavy atom. The average Bonchev–Trinajstić information content (AvgIpc) is 2.63. The fourth-order valence-electron chi connectivity index (χ4n) is 2.32. The van der Waals surface area contributed by atoms with Gasteiger partial charge < -0.3 is 10.1 Å². The van der Waals surface area contributed by atoms with Gasteiger partial charge in [0.1, 0.15) is 5.75 Å². The summed E-state index contributed by atoms with van der Waals surface area (Å²) >= 11 is 1.55. The molecule has 0 aliphatic carbocycles. The highest BCUT2D eigenvalue weighted by Gasteiger charge is 2.20. The van der Waals surface area contributed by atoms with E-state index in [1.54, 1.807) is 30.8 Å². The van der Waals surface area contributed by atoms with Gasteiger partial charge in [-0.2, -0.15) is 0 Å². The van der Waals surface area contributed by atoms with Crippen molar-refractivity contribution in [2.24, 2.45) is 0 Å². The van der Waals surface area contributed by atoms with Crippen molar-refractivity contribution in [2.75, 3.05) is 24.1 Å². The van der Waals surface area contributed by atoms with Crippen LogP contribution in [-0.4, -0.2) is 33.7 Å². The molecule has 1 amide bonds. The minimum absolute atomic E-state index is 0.00384. The van der Waals surface area contributed by atoms with Gasteiger partial charge >= 0.3 is 0 Å². The molecule has 8 heteroatoms. The number of nitrogens with one attached hydrogen (secondary N) is 2. The number of hydrogen-bond donors (Lipinski definition) is 2. The third kappa shape index (κ3) is 4.70. The Morgan fingerprint density at radius 3 is 2.54 bits per heavy atom. The number of thioether (sulfide) groups is 1. The van der Waals surface area contributed by atoms with Crippen LogP contribution in [0.5, 0.6) is 5.75 Å². The monoisotopic (exact) mass is 394 g/mol. The van der Waals surface area contributed by atoms with Crippen LogP contribution in [0.15, 0.2) is 52.3 Å². The summed E-state index contributed by atoms with van der Waals surface area (Å²) in [5.74, 6) is 0.753. The summed E-state index contributed by atoms with van der Waals surface area (Å²) in [5, 5.41) is 2.65. The van der Waals surface area contributed by atoms with Gasteiger partial charge in [0.2, 0.25) is 0 Å². The quantitative estimate of drug-likeness (QED) is 0.671. The lowest BCUT2D eigenvalue weighted by molar-refractivity contribution is 0.0952. The fraction of sp³-hybridized carbons (Fsp3) is 0.278. The molecule has 0 aromatic heterocycles. The van der Waals surface area contributed by atoms with Crippen molar-refractivity contribution in [3.63, 3.8) is 0 Å². The number of rotatable bonds is 8. The molecule has 0 saturated carbocycles. The van der Waals surface area contributed by atoms with Gasteiger partial charge in [0.25, 0.3) is 15.9 Å². The van der Waals surface area contributed by atoms with E-state index in [9.17, 15) is 13.2 Å². The first-order chi connectivity index (χ1) is 12.4. The Labute approximate surface area is 158 Å². The Balaban J connectivity index is 2.40. The fourth-order valence-corrected chi connectivity index (χ4v) is 4.25. The first-order valence-corrected chi connectivity index (χ1v) is 10.6. The molecule has 0 atom stereocenters. The maximum absolute atomic E-state index is 12.8. The first kappa shape index (κ1) is 20.1. The second-order valence-electron chi connectivity index (χ2n) is 5.26. The van der Waals surface area contributed by atoms with Crippen molar-refractivity contribution < 1.29 is 17.9 Å². The lowest BCUT2D eigenvalue weighted by Crippen LogP contribution is -2.24. The lowest BCUT2D eigenvalue weighted by Gasteiger charge is -2.14. The number of carbonyl (C=O) groups excluding carboxylic acids is 1. The van der Waals surface area contributed by atoms with E-state index in [0.717, 1.165) is 10.6 Å². The van der Waals surface area contributed by atoms with Crippen LogP contribution in [0.2, 0.25) is 0 Å². The normalized spacial score (nSPS) is 11.0. The van der Waals surface area contributed by atoms with Gasteiger partial charge in [-0.3, -0.25) is 9.52 Å². The standard InChI is InChI=1S/C18H22N2O4S2/c1-4-19-18(21)14-12-13(10-11-16(14)24-3)26(22,23)20-15-8-6-7-9-17(15)25-5-2/h6-12,20H,4-5H2,1-3H3,(H,19,21). The summed E-state index contributed by atoms with van der Waals surface area (Å²) in [6.45, 7) is 4.21. The van der Waals surface area contributed by atoms with Crippen molar-refractivity contribution in [2.45, 2.75) is 23.6 Å². The number of para-hydroxylation sites is 1. The molecule has 0 unspecified atom stereocenters. The van der Waals surface area contributed by atoms with Crippen LogP contribution in [0, 0.1) is 0 Å². The van der Waals surface area contributed by atoms with Crippen molar-refractivity contribution in [1.82, 2.24) is 5.32 Å². The molecule has 0 aliphatic heterocycles. The summed E-state index contributed by atoms with van der Waals surface area (Å²) < 4.78 is 33.4. The Hall–Kier alpha value is -2.19. The molecule has 0 fully saturated rings. The molecule has 0 spiro atoms. The van der Waals surface area contributed by atoms with Gasteiger partial charge in [0, 0.05) is 11.4 Å². The number of anilines is 1. The SMILES string of the molecule is CCNC(=O)c1cc(S(=O)(=O)Nc2ccccc2SCC)ccc1OC. The molecule has 0 saturated heterocycles. The van der Waals surface area contributed by atoms with E-state index in [1.165, 1.54) is 25.3 Å². The predicted octanol–water partition coefficient (Wildman–Crippen LogP) is 3.36. The van der Waals surface area contributed by atoms with E-state index in [1.807, 2.05) is 19.1 Å². The third-order valence-corrected chi connectivity index (χ3v) is 5.81. The van der Waals surface area contributed by atoms with Crippen LogP contribution < -0.4 is 14.8 Å². The molecule has 2 N–H and O–H groups in total. The van der Waals surface area contributed by atoms with E-state index in [-0.39, 0.29) is 16.4 Å². The minimum atomic E-state index is -3.85. The number of amides is 1. The molecular weight excluding hydrogens is 372 g/mol. The van der Waals surface area contributed by atoms with Crippen LogP contribution in [0.4, 0.5) is 5.69 Å². The Kier molecular flexibility index (Phi) is 6.93. The molecule has 2 aromatic carbocycles. The van der Waals surface area contributed by atoms with Crippen LogP contribution in [-0.2, 0) is 10.0 Å². The van der Waals surface area contributed by atoms with Crippen molar-refractivity contribution in [3.05, 3.63) is 48.0 Å². The highest BCUT2D eigenvalue weighted by atomic mass is 32.2. The maximum Gasteiger partial charge on any atom is 0.261 e. The predicted molar refractivity (Wildman–Crippen MR) is 105 cm³/mol. The molecule has 2 aromatic rings. The van der Waals surface area contributed by atoms with Gasteiger partial charge in [0.05, 0.1) is 23.3 Å². The van der Waals surface area contributed by atoms with Crippen molar-refractivity contribution in [1.29, 1.82) is 0 Å². The lowest BCUT2D eigenvalue weighted by atomic mass is 10.2. The zero-order valence-electron chi connectivity index (χ0n) is 14.9. The van der Waals surface area contributed by atoms with E-state index in [0.29, 0.717) is 18.0 Å². The number of carbonyl (C=O) groups is 1. The smallest absolute Gasteiger partial charge is 0.261 e. The summed E-state index contributed by atoms with van der Waals surface area (Å²) in [7, 11) is -2.42.